The van der Waals surface area contributed by atoms with Crippen molar-refractivity contribution in [3.63, 3.8) is 0 Å². The van der Waals surface area contributed by atoms with Crippen LogP contribution in [-0.4, -0.2) is 11.7 Å². The Bertz CT molecular complexity index is 505. The summed E-state index contributed by atoms with van der Waals surface area (Å²) in [7, 11) is 0. The second-order valence-corrected chi connectivity index (χ2v) is 4.48. The van der Waals surface area contributed by atoms with E-state index in [4.69, 9.17) is 4.74 Å². The molecule has 98 valence electrons. The van der Waals surface area contributed by atoms with Crippen LogP contribution < -0.4 is 4.74 Å². The smallest absolute Gasteiger partial charge is 0.119 e. The van der Waals surface area contributed by atoms with E-state index in [1.165, 1.54) is 0 Å². The SMILES string of the molecule is C=C(COc1ccccc1)C[C@@H](O)c1ccccc1. The Balaban J connectivity index is 1.82. The maximum Gasteiger partial charge on any atom is 0.119 e. The Morgan fingerprint density at radius 3 is 2.21 bits per heavy atom. The van der Waals surface area contributed by atoms with E-state index in [0.717, 1.165) is 16.9 Å². The molecule has 0 aromatic heterocycles. The number of rotatable bonds is 6. The fourth-order valence-electron chi connectivity index (χ4n) is 1.83. The molecule has 2 rings (SSSR count). The highest BCUT2D eigenvalue weighted by Crippen LogP contribution is 2.20. The molecule has 0 aliphatic heterocycles. The number of hydrogen-bond donors (Lipinski definition) is 1. The predicted molar refractivity (Wildman–Crippen MR) is 77.1 cm³/mol. The zero-order valence-corrected chi connectivity index (χ0v) is 10.8. The third-order valence-corrected chi connectivity index (χ3v) is 2.85. The van der Waals surface area contributed by atoms with Crippen molar-refractivity contribution in [2.24, 2.45) is 0 Å². The minimum Gasteiger partial charge on any atom is -0.489 e. The lowest BCUT2D eigenvalue weighted by atomic mass is 10.0. The van der Waals surface area contributed by atoms with Crippen molar-refractivity contribution in [2.75, 3.05) is 6.61 Å². The molecule has 0 radical (unpaired) electrons. The summed E-state index contributed by atoms with van der Waals surface area (Å²) in [5.41, 5.74) is 1.78. The quantitative estimate of drug-likeness (QED) is 0.796. The maximum absolute atomic E-state index is 10.1. The van der Waals surface area contributed by atoms with E-state index in [2.05, 4.69) is 6.58 Å². The van der Waals surface area contributed by atoms with Crippen LogP contribution in [0.5, 0.6) is 5.75 Å². The molecule has 1 N–H and O–H groups in total. The predicted octanol–water partition coefficient (Wildman–Crippen LogP) is 3.75. The van der Waals surface area contributed by atoms with E-state index in [1.54, 1.807) is 0 Å². The molecule has 0 saturated carbocycles. The number of aliphatic hydroxyl groups is 1. The molecule has 2 aromatic rings. The van der Waals surface area contributed by atoms with Crippen LogP contribution in [0.4, 0.5) is 0 Å². The molecule has 0 heterocycles. The lowest BCUT2D eigenvalue weighted by Crippen LogP contribution is -2.05. The second-order valence-electron chi connectivity index (χ2n) is 4.48. The number of ether oxygens (including phenoxy) is 1. The van der Waals surface area contributed by atoms with Gasteiger partial charge in [0.2, 0.25) is 0 Å². The van der Waals surface area contributed by atoms with Gasteiger partial charge in [0.05, 0.1) is 6.10 Å². The van der Waals surface area contributed by atoms with Crippen molar-refractivity contribution in [3.05, 3.63) is 78.4 Å². The van der Waals surface area contributed by atoms with Gasteiger partial charge in [0, 0.05) is 6.42 Å². The fourth-order valence-corrected chi connectivity index (χ4v) is 1.83. The molecular weight excluding hydrogens is 236 g/mol. The van der Waals surface area contributed by atoms with Crippen LogP contribution in [0, 0.1) is 0 Å². The fraction of sp³-hybridized carbons (Fsp3) is 0.176. The normalized spacial score (nSPS) is 11.8. The highest BCUT2D eigenvalue weighted by Gasteiger charge is 2.09. The molecule has 0 aliphatic carbocycles. The van der Waals surface area contributed by atoms with Crippen LogP contribution >= 0.6 is 0 Å². The molecule has 0 unspecified atom stereocenters. The molecule has 19 heavy (non-hydrogen) atoms. The summed E-state index contributed by atoms with van der Waals surface area (Å²) in [5.74, 6) is 0.817. The van der Waals surface area contributed by atoms with Gasteiger partial charge in [-0.25, -0.2) is 0 Å². The van der Waals surface area contributed by atoms with E-state index in [1.807, 2.05) is 60.7 Å². The summed E-state index contributed by atoms with van der Waals surface area (Å²) in [4.78, 5) is 0. The monoisotopic (exact) mass is 254 g/mol. The van der Waals surface area contributed by atoms with Crippen molar-refractivity contribution in [2.45, 2.75) is 12.5 Å². The number of hydrogen-bond acceptors (Lipinski definition) is 2. The Labute approximate surface area is 114 Å². The first-order valence-electron chi connectivity index (χ1n) is 6.33. The molecule has 2 aromatic carbocycles. The number of aliphatic hydroxyl groups excluding tert-OH is 1. The van der Waals surface area contributed by atoms with Gasteiger partial charge in [-0.3, -0.25) is 0 Å². The van der Waals surface area contributed by atoms with Crippen molar-refractivity contribution < 1.29 is 9.84 Å². The minimum absolute atomic E-state index is 0.425. The van der Waals surface area contributed by atoms with Crippen molar-refractivity contribution in [3.8, 4) is 5.75 Å². The molecule has 2 nitrogen and oxygen atoms in total. The third kappa shape index (κ3) is 4.27. The zero-order valence-electron chi connectivity index (χ0n) is 10.8. The largest absolute Gasteiger partial charge is 0.489 e. The molecular formula is C17H18O2. The first-order valence-corrected chi connectivity index (χ1v) is 6.33. The van der Waals surface area contributed by atoms with Gasteiger partial charge < -0.3 is 9.84 Å². The first-order chi connectivity index (χ1) is 9.25. The van der Waals surface area contributed by atoms with E-state index >= 15 is 0 Å². The number of benzene rings is 2. The van der Waals surface area contributed by atoms with Crippen molar-refractivity contribution in [1.82, 2.24) is 0 Å². The van der Waals surface area contributed by atoms with E-state index in [9.17, 15) is 5.11 Å². The van der Waals surface area contributed by atoms with Crippen LogP contribution in [-0.2, 0) is 0 Å². The van der Waals surface area contributed by atoms with E-state index in [-0.39, 0.29) is 0 Å². The third-order valence-electron chi connectivity index (χ3n) is 2.85. The average Bonchev–Trinajstić information content (AvgIpc) is 2.47. The van der Waals surface area contributed by atoms with Gasteiger partial charge in [0.25, 0.3) is 0 Å². The van der Waals surface area contributed by atoms with Gasteiger partial charge in [-0.2, -0.15) is 0 Å². The summed E-state index contributed by atoms with van der Waals surface area (Å²) < 4.78 is 5.59. The summed E-state index contributed by atoms with van der Waals surface area (Å²) in [6, 6.07) is 19.2. The summed E-state index contributed by atoms with van der Waals surface area (Å²) >= 11 is 0. The standard InChI is InChI=1S/C17H18O2/c1-14(13-19-16-10-6-3-7-11-16)12-17(18)15-8-4-2-5-9-15/h2-11,17-18H,1,12-13H2/t17-/m1/s1. The molecule has 0 fully saturated rings. The van der Waals surface area contributed by atoms with Crippen LogP contribution in [0.25, 0.3) is 0 Å². The second kappa shape index (κ2) is 6.76. The van der Waals surface area contributed by atoms with Gasteiger partial charge in [0.1, 0.15) is 12.4 Å². The van der Waals surface area contributed by atoms with Gasteiger partial charge in [-0.1, -0.05) is 55.1 Å². The Morgan fingerprint density at radius 1 is 1.00 bits per heavy atom. The topological polar surface area (TPSA) is 29.5 Å². The van der Waals surface area contributed by atoms with Gasteiger partial charge >= 0.3 is 0 Å². The Morgan fingerprint density at radius 2 is 1.58 bits per heavy atom. The average molecular weight is 254 g/mol. The van der Waals surface area contributed by atoms with E-state index < -0.39 is 6.10 Å². The molecule has 0 saturated heterocycles. The minimum atomic E-state index is -0.520. The molecule has 0 aliphatic rings. The summed E-state index contributed by atoms with van der Waals surface area (Å²) in [5, 5.41) is 10.1. The Hall–Kier alpha value is -2.06. The molecule has 0 bridgehead atoms. The van der Waals surface area contributed by atoms with Crippen LogP contribution in [0.2, 0.25) is 0 Å². The molecule has 0 spiro atoms. The van der Waals surface area contributed by atoms with Crippen LogP contribution in [0.3, 0.4) is 0 Å². The molecule has 0 amide bonds. The zero-order chi connectivity index (χ0) is 13.5. The van der Waals surface area contributed by atoms with E-state index in [0.29, 0.717) is 13.0 Å². The highest BCUT2D eigenvalue weighted by atomic mass is 16.5. The van der Waals surface area contributed by atoms with Crippen LogP contribution in [0.1, 0.15) is 18.1 Å². The molecule has 2 heteroatoms. The number of para-hydroxylation sites is 1. The highest BCUT2D eigenvalue weighted by molar-refractivity contribution is 5.22. The summed E-state index contributed by atoms with van der Waals surface area (Å²) in [6.07, 6.45) is -0.00954. The van der Waals surface area contributed by atoms with Crippen LogP contribution in [0.15, 0.2) is 72.8 Å². The van der Waals surface area contributed by atoms with Gasteiger partial charge in [-0.15, -0.1) is 0 Å². The maximum atomic E-state index is 10.1. The first kappa shape index (κ1) is 13.4. The summed E-state index contributed by atoms with van der Waals surface area (Å²) in [6.45, 7) is 4.37. The Kier molecular flexibility index (Phi) is 4.76. The van der Waals surface area contributed by atoms with Gasteiger partial charge in [0.15, 0.2) is 0 Å². The lowest BCUT2D eigenvalue weighted by Gasteiger charge is -2.13. The molecule has 1 atom stereocenters. The van der Waals surface area contributed by atoms with Gasteiger partial charge in [-0.05, 0) is 23.3 Å². The van der Waals surface area contributed by atoms with Crippen molar-refractivity contribution >= 4 is 0 Å². The van der Waals surface area contributed by atoms with Crippen molar-refractivity contribution in [1.29, 1.82) is 0 Å². The lowest BCUT2D eigenvalue weighted by molar-refractivity contribution is 0.173.